The van der Waals surface area contributed by atoms with E-state index >= 15 is 0 Å². The summed E-state index contributed by atoms with van der Waals surface area (Å²) in [5.41, 5.74) is 2.12. The average Bonchev–Trinajstić information content (AvgIpc) is 3.44. The number of thiophene rings is 1. The van der Waals surface area contributed by atoms with Crippen molar-refractivity contribution in [3.8, 4) is 0 Å². The number of amides is 2. The molecule has 1 aliphatic rings. The Hall–Kier alpha value is -3.62. The second-order valence-corrected chi connectivity index (χ2v) is 14.2. The Morgan fingerprint density at radius 3 is 2.53 bits per heavy atom. The van der Waals surface area contributed by atoms with Crippen molar-refractivity contribution in [3.05, 3.63) is 57.2 Å². The van der Waals surface area contributed by atoms with Crippen LogP contribution in [0.5, 0.6) is 0 Å². The summed E-state index contributed by atoms with van der Waals surface area (Å²) in [6, 6.07) is 4.91. The Kier molecular flexibility index (Phi) is 10.4. The Bertz CT molecular complexity index is 1760. The van der Waals surface area contributed by atoms with Crippen molar-refractivity contribution >= 4 is 71.5 Å². The highest BCUT2D eigenvalue weighted by Crippen LogP contribution is 2.40. The molecule has 1 aliphatic carbocycles. The molecule has 1 aromatic carbocycles. The van der Waals surface area contributed by atoms with Crippen LogP contribution in [-0.2, 0) is 48.3 Å². The third-order valence-corrected chi connectivity index (χ3v) is 10.3. The van der Waals surface area contributed by atoms with E-state index in [1.54, 1.807) is 42.7 Å². The number of esters is 2. The van der Waals surface area contributed by atoms with Gasteiger partial charge in [0.05, 0.1) is 34.6 Å². The standard InChI is InChI=1S/C29H33N3O8S3/c1-5-12-32-20-11-9-18(27(35)39-6-2)14-22(20)42-29(32)31-24(34)16-43(37,38)15-23(33)30-26-25(28(36)40-7-3)19-10-8-17(4)13-21(19)41-26/h5,9,11,14,17H,1,6-8,10,12-13,15-16H2,2-4H3,(H,30,33). The van der Waals surface area contributed by atoms with Gasteiger partial charge in [0.1, 0.15) is 16.5 Å². The number of nitrogens with one attached hydrogen (secondary N) is 1. The minimum Gasteiger partial charge on any atom is -0.462 e. The van der Waals surface area contributed by atoms with Crippen molar-refractivity contribution in [3.63, 3.8) is 0 Å². The van der Waals surface area contributed by atoms with Crippen LogP contribution in [0.15, 0.2) is 35.8 Å². The third-order valence-electron chi connectivity index (χ3n) is 6.66. The highest BCUT2D eigenvalue weighted by Gasteiger charge is 2.30. The summed E-state index contributed by atoms with van der Waals surface area (Å²) in [7, 11) is -4.21. The Labute approximate surface area is 257 Å². The van der Waals surface area contributed by atoms with Crippen molar-refractivity contribution in [1.82, 2.24) is 4.57 Å². The lowest BCUT2D eigenvalue weighted by atomic mass is 9.88. The van der Waals surface area contributed by atoms with Gasteiger partial charge >= 0.3 is 11.9 Å². The van der Waals surface area contributed by atoms with Crippen LogP contribution in [-0.4, -0.2) is 61.5 Å². The van der Waals surface area contributed by atoms with Gasteiger partial charge < -0.3 is 19.4 Å². The van der Waals surface area contributed by atoms with Gasteiger partial charge in [0.2, 0.25) is 5.91 Å². The molecule has 0 bridgehead atoms. The predicted molar refractivity (Wildman–Crippen MR) is 165 cm³/mol. The van der Waals surface area contributed by atoms with Gasteiger partial charge in [-0.2, -0.15) is 4.99 Å². The van der Waals surface area contributed by atoms with Crippen molar-refractivity contribution < 1.29 is 37.1 Å². The van der Waals surface area contributed by atoms with E-state index in [2.05, 4.69) is 23.8 Å². The van der Waals surface area contributed by atoms with E-state index in [1.807, 2.05) is 0 Å². The van der Waals surface area contributed by atoms with Gasteiger partial charge in [-0.05, 0) is 62.8 Å². The summed E-state index contributed by atoms with van der Waals surface area (Å²) in [6.07, 6.45) is 3.91. The number of benzene rings is 1. The van der Waals surface area contributed by atoms with E-state index in [-0.39, 0.29) is 35.1 Å². The number of thiazole rings is 1. The Morgan fingerprint density at radius 1 is 1.12 bits per heavy atom. The molecule has 1 N–H and O–H groups in total. The van der Waals surface area contributed by atoms with E-state index in [0.717, 1.165) is 34.6 Å². The van der Waals surface area contributed by atoms with Gasteiger partial charge in [0, 0.05) is 11.4 Å². The fraction of sp³-hybridized carbons (Fsp3) is 0.414. The maximum Gasteiger partial charge on any atom is 0.341 e. The normalized spacial score (nSPS) is 15.1. The fourth-order valence-corrected chi connectivity index (χ4v) is 8.33. The number of anilines is 1. The van der Waals surface area contributed by atoms with E-state index in [1.165, 1.54) is 11.3 Å². The number of ether oxygens (including phenoxy) is 2. The largest absolute Gasteiger partial charge is 0.462 e. The van der Waals surface area contributed by atoms with Crippen LogP contribution in [0.25, 0.3) is 10.2 Å². The molecule has 0 aliphatic heterocycles. The first kappa shape index (κ1) is 32.3. The molecule has 0 radical (unpaired) electrons. The highest BCUT2D eigenvalue weighted by molar-refractivity contribution is 7.92. The molecule has 0 fully saturated rings. The van der Waals surface area contributed by atoms with Gasteiger partial charge in [-0.1, -0.05) is 24.3 Å². The summed E-state index contributed by atoms with van der Waals surface area (Å²) in [6.45, 7) is 9.89. The molecule has 2 heterocycles. The molecule has 14 heteroatoms. The molecule has 0 saturated heterocycles. The molecule has 2 amide bonds. The maximum atomic E-state index is 12.9. The van der Waals surface area contributed by atoms with Crippen LogP contribution in [0, 0.1) is 5.92 Å². The molecular weight excluding hydrogens is 615 g/mol. The lowest BCUT2D eigenvalue weighted by molar-refractivity contribution is -0.115. The number of carbonyl (C=O) groups excluding carboxylic acids is 4. The fourth-order valence-electron chi connectivity index (χ4n) is 4.80. The molecule has 0 spiro atoms. The first-order valence-corrected chi connectivity index (χ1v) is 17.2. The minimum atomic E-state index is -4.21. The number of rotatable bonds is 11. The van der Waals surface area contributed by atoms with Crippen LogP contribution in [0.1, 0.15) is 58.3 Å². The molecule has 43 heavy (non-hydrogen) atoms. The Morgan fingerprint density at radius 2 is 1.84 bits per heavy atom. The van der Waals surface area contributed by atoms with Crippen molar-refractivity contribution in [2.45, 2.75) is 46.6 Å². The number of hydrogen-bond donors (Lipinski definition) is 1. The predicted octanol–water partition coefficient (Wildman–Crippen LogP) is 3.91. The second-order valence-electron chi connectivity index (χ2n) is 10.0. The first-order valence-electron chi connectivity index (χ1n) is 13.8. The number of allylic oxidation sites excluding steroid dienone is 1. The number of aromatic nitrogens is 1. The summed E-state index contributed by atoms with van der Waals surface area (Å²) < 4.78 is 38.3. The molecule has 4 rings (SSSR count). The lowest BCUT2D eigenvalue weighted by Gasteiger charge is -2.18. The second kappa shape index (κ2) is 13.8. The van der Waals surface area contributed by atoms with Crippen LogP contribution in [0.3, 0.4) is 0 Å². The quantitative estimate of drug-likeness (QED) is 0.243. The van der Waals surface area contributed by atoms with Gasteiger partial charge in [-0.25, -0.2) is 18.0 Å². The van der Waals surface area contributed by atoms with E-state index < -0.39 is 45.1 Å². The molecule has 11 nitrogen and oxygen atoms in total. The number of carbonyl (C=O) groups is 4. The number of hydrogen-bond acceptors (Lipinski definition) is 10. The topological polar surface area (TPSA) is 150 Å². The van der Waals surface area contributed by atoms with Crippen LogP contribution in [0.2, 0.25) is 0 Å². The van der Waals surface area contributed by atoms with Crippen molar-refractivity contribution in [2.75, 3.05) is 30.0 Å². The zero-order valence-electron chi connectivity index (χ0n) is 24.1. The molecule has 1 atom stereocenters. The number of nitrogens with zero attached hydrogens (tertiary/aromatic N) is 2. The zero-order chi connectivity index (χ0) is 31.3. The van der Waals surface area contributed by atoms with Crippen LogP contribution in [0.4, 0.5) is 5.00 Å². The monoisotopic (exact) mass is 647 g/mol. The minimum absolute atomic E-state index is 0.159. The van der Waals surface area contributed by atoms with E-state index in [0.29, 0.717) is 28.1 Å². The molecule has 2 aromatic heterocycles. The third kappa shape index (κ3) is 7.67. The Balaban J connectivity index is 1.52. The number of sulfone groups is 1. The maximum absolute atomic E-state index is 12.9. The highest BCUT2D eigenvalue weighted by atomic mass is 32.2. The smallest absolute Gasteiger partial charge is 0.341 e. The van der Waals surface area contributed by atoms with Crippen LogP contribution < -0.4 is 10.1 Å². The summed E-state index contributed by atoms with van der Waals surface area (Å²) >= 11 is 2.36. The molecule has 0 saturated carbocycles. The summed E-state index contributed by atoms with van der Waals surface area (Å²) in [5, 5.41) is 2.83. The number of fused-ring (bicyclic) bond motifs is 2. The van der Waals surface area contributed by atoms with Crippen molar-refractivity contribution in [1.29, 1.82) is 0 Å². The van der Waals surface area contributed by atoms with Gasteiger partial charge in [0.15, 0.2) is 14.6 Å². The van der Waals surface area contributed by atoms with Crippen LogP contribution >= 0.6 is 22.7 Å². The SMILES string of the molecule is C=CCn1c(=NC(=O)CS(=O)(=O)CC(=O)Nc2sc3c(c2C(=O)OCC)CCC(C)C3)sc2cc(C(=O)OCC)ccc21. The summed E-state index contributed by atoms with van der Waals surface area (Å²) in [5.74, 6) is -4.38. The van der Waals surface area contributed by atoms with E-state index in [4.69, 9.17) is 9.47 Å². The van der Waals surface area contributed by atoms with E-state index in [9.17, 15) is 27.6 Å². The van der Waals surface area contributed by atoms with Gasteiger partial charge in [0.25, 0.3) is 5.91 Å². The molecule has 1 unspecified atom stereocenters. The van der Waals surface area contributed by atoms with Gasteiger partial charge in [-0.15, -0.1) is 17.9 Å². The average molecular weight is 648 g/mol. The zero-order valence-corrected chi connectivity index (χ0v) is 26.6. The molecule has 230 valence electrons. The lowest BCUT2D eigenvalue weighted by Crippen LogP contribution is -2.28. The van der Waals surface area contributed by atoms with Gasteiger partial charge in [-0.3, -0.25) is 9.59 Å². The summed E-state index contributed by atoms with van der Waals surface area (Å²) in [4.78, 5) is 55.7. The van der Waals surface area contributed by atoms with Crippen molar-refractivity contribution in [2.24, 2.45) is 10.9 Å². The molecular formula is C29H33N3O8S3. The molecule has 3 aromatic rings. The first-order chi connectivity index (χ1) is 20.5.